The second-order valence-corrected chi connectivity index (χ2v) is 6.10. The number of nitrogens with zero attached hydrogens (tertiary/aromatic N) is 4. The summed E-state index contributed by atoms with van der Waals surface area (Å²) >= 11 is 0. The van der Waals surface area contributed by atoms with Crippen LogP contribution in [0.4, 0.5) is 0 Å². The number of aromatic nitrogens is 4. The molecule has 0 saturated heterocycles. The van der Waals surface area contributed by atoms with Gasteiger partial charge in [0.2, 0.25) is 5.89 Å². The Bertz CT molecular complexity index is 1020. The van der Waals surface area contributed by atoms with Crippen molar-refractivity contribution < 1.29 is 9.15 Å². The van der Waals surface area contributed by atoms with Gasteiger partial charge in [-0.05, 0) is 56.3 Å². The summed E-state index contributed by atoms with van der Waals surface area (Å²) in [5, 5.41) is 8.44. The molecule has 0 fully saturated rings. The summed E-state index contributed by atoms with van der Waals surface area (Å²) in [6.07, 6.45) is 1.66. The SMILES string of the molecule is COc1ccc(-c2coc(-c3ccc4c(c3)nnn4C(C)C)n2)cc1. The van der Waals surface area contributed by atoms with Gasteiger partial charge in [-0.25, -0.2) is 9.67 Å². The molecule has 0 N–H and O–H groups in total. The fourth-order valence-corrected chi connectivity index (χ4v) is 2.76. The Morgan fingerprint density at radius 1 is 1.04 bits per heavy atom. The zero-order chi connectivity index (χ0) is 17.4. The predicted molar refractivity (Wildman–Crippen MR) is 95.4 cm³/mol. The maximum atomic E-state index is 5.67. The van der Waals surface area contributed by atoms with Gasteiger partial charge in [-0.1, -0.05) is 5.21 Å². The largest absolute Gasteiger partial charge is 0.497 e. The zero-order valence-electron chi connectivity index (χ0n) is 14.3. The highest BCUT2D eigenvalue weighted by Crippen LogP contribution is 2.28. The summed E-state index contributed by atoms with van der Waals surface area (Å²) in [5.41, 5.74) is 4.46. The molecule has 0 aliphatic carbocycles. The molecule has 0 atom stereocenters. The van der Waals surface area contributed by atoms with Gasteiger partial charge in [-0.3, -0.25) is 0 Å². The molecule has 6 heteroatoms. The highest BCUT2D eigenvalue weighted by molar-refractivity contribution is 5.80. The van der Waals surface area contributed by atoms with Crippen molar-refractivity contribution in [1.29, 1.82) is 0 Å². The first-order chi connectivity index (χ1) is 12.2. The molecular weight excluding hydrogens is 316 g/mol. The molecule has 0 amide bonds. The lowest BCUT2D eigenvalue weighted by Gasteiger charge is -2.05. The van der Waals surface area contributed by atoms with Crippen LogP contribution >= 0.6 is 0 Å². The normalized spacial score (nSPS) is 11.4. The standard InChI is InChI=1S/C19H18N4O2/c1-12(2)23-18-9-6-14(10-16(18)21-22-23)19-20-17(11-25-19)13-4-7-15(24-3)8-5-13/h4-12H,1-3H3. The fraction of sp³-hybridized carbons (Fsp3) is 0.211. The van der Waals surface area contributed by atoms with Crippen LogP contribution in [0.15, 0.2) is 53.1 Å². The van der Waals surface area contributed by atoms with E-state index < -0.39 is 0 Å². The summed E-state index contributed by atoms with van der Waals surface area (Å²) in [4.78, 5) is 4.59. The zero-order valence-corrected chi connectivity index (χ0v) is 14.3. The number of hydrogen-bond donors (Lipinski definition) is 0. The van der Waals surface area contributed by atoms with Gasteiger partial charge in [0.15, 0.2) is 0 Å². The maximum Gasteiger partial charge on any atom is 0.226 e. The molecule has 0 aliphatic heterocycles. The van der Waals surface area contributed by atoms with E-state index in [1.165, 1.54) is 0 Å². The summed E-state index contributed by atoms with van der Waals surface area (Å²) < 4.78 is 12.7. The monoisotopic (exact) mass is 334 g/mol. The third-order valence-corrected chi connectivity index (χ3v) is 4.10. The Kier molecular flexibility index (Phi) is 3.72. The second-order valence-electron chi connectivity index (χ2n) is 6.10. The van der Waals surface area contributed by atoms with Gasteiger partial charge in [0.05, 0.1) is 12.6 Å². The van der Waals surface area contributed by atoms with E-state index in [1.807, 2.05) is 47.1 Å². The van der Waals surface area contributed by atoms with Crippen molar-refractivity contribution in [2.24, 2.45) is 0 Å². The van der Waals surface area contributed by atoms with Gasteiger partial charge in [0, 0.05) is 17.2 Å². The Labute approximate surface area is 145 Å². The van der Waals surface area contributed by atoms with Crippen molar-refractivity contribution in [2.75, 3.05) is 7.11 Å². The van der Waals surface area contributed by atoms with Crippen LogP contribution in [-0.4, -0.2) is 27.1 Å². The lowest BCUT2D eigenvalue weighted by molar-refractivity contribution is 0.415. The molecule has 2 aromatic heterocycles. The van der Waals surface area contributed by atoms with Crippen molar-refractivity contribution in [3.63, 3.8) is 0 Å². The van der Waals surface area contributed by atoms with Crippen LogP contribution in [0.2, 0.25) is 0 Å². The summed E-state index contributed by atoms with van der Waals surface area (Å²) in [5.74, 6) is 1.37. The van der Waals surface area contributed by atoms with Crippen LogP contribution in [0.25, 0.3) is 33.7 Å². The van der Waals surface area contributed by atoms with Crippen LogP contribution < -0.4 is 4.74 Å². The lowest BCUT2D eigenvalue weighted by Crippen LogP contribution is -2.02. The van der Waals surface area contributed by atoms with Crippen molar-refractivity contribution in [3.8, 4) is 28.5 Å². The van der Waals surface area contributed by atoms with Crippen LogP contribution in [0.5, 0.6) is 5.75 Å². The van der Waals surface area contributed by atoms with Crippen molar-refractivity contribution in [3.05, 3.63) is 48.7 Å². The minimum atomic E-state index is 0.263. The van der Waals surface area contributed by atoms with E-state index in [0.29, 0.717) is 5.89 Å². The summed E-state index contributed by atoms with van der Waals surface area (Å²) in [7, 11) is 1.65. The van der Waals surface area contributed by atoms with E-state index in [2.05, 4.69) is 29.1 Å². The Hall–Kier alpha value is -3.15. The molecule has 6 nitrogen and oxygen atoms in total. The molecule has 2 heterocycles. The Balaban J connectivity index is 1.68. The molecular formula is C19H18N4O2. The van der Waals surface area contributed by atoms with Gasteiger partial charge in [0.25, 0.3) is 0 Å². The van der Waals surface area contributed by atoms with E-state index in [9.17, 15) is 0 Å². The molecule has 0 bridgehead atoms. The number of fused-ring (bicyclic) bond motifs is 1. The van der Waals surface area contributed by atoms with Crippen LogP contribution in [0, 0.1) is 0 Å². The summed E-state index contributed by atoms with van der Waals surface area (Å²) in [6, 6.07) is 13.9. The summed E-state index contributed by atoms with van der Waals surface area (Å²) in [6.45, 7) is 4.16. The topological polar surface area (TPSA) is 66.0 Å². The van der Waals surface area contributed by atoms with Crippen molar-refractivity contribution in [2.45, 2.75) is 19.9 Å². The van der Waals surface area contributed by atoms with Crippen molar-refractivity contribution >= 4 is 11.0 Å². The molecule has 4 aromatic rings. The van der Waals surface area contributed by atoms with Crippen molar-refractivity contribution in [1.82, 2.24) is 20.0 Å². The number of rotatable bonds is 4. The first-order valence-corrected chi connectivity index (χ1v) is 8.11. The number of benzene rings is 2. The molecule has 2 aromatic carbocycles. The Morgan fingerprint density at radius 2 is 1.80 bits per heavy atom. The van der Waals surface area contributed by atoms with E-state index in [4.69, 9.17) is 9.15 Å². The lowest BCUT2D eigenvalue weighted by atomic mass is 10.1. The number of oxazole rings is 1. The molecule has 0 aliphatic rings. The van der Waals surface area contributed by atoms with Crippen LogP contribution in [0.1, 0.15) is 19.9 Å². The average Bonchev–Trinajstić information content (AvgIpc) is 3.28. The van der Waals surface area contributed by atoms with Gasteiger partial charge in [-0.15, -0.1) is 5.10 Å². The predicted octanol–water partition coefficient (Wildman–Crippen LogP) is 4.34. The van der Waals surface area contributed by atoms with Crippen LogP contribution in [0.3, 0.4) is 0 Å². The Morgan fingerprint density at radius 3 is 2.52 bits per heavy atom. The molecule has 25 heavy (non-hydrogen) atoms. The van der Waals surface area contributed by atoms with Gasteiger partial charge >= 0.3 is 0 Å². The van der Waals surface area contributed by atoms with Crippen LogP contribution in [-0.2, 0) is 0 Å². The second kappa shape index (κ2) is 6.05. The fourth-order valence-electron chi connectivity index (χ4n) is 2.76. The number of hydrogen-bond acceptors (Lipinski definition) is 5. The molecule has 0 unspecified atom stereocenters. The van der Waals surface area contributed by atoms with Gasteiger partial charge in [-0.2, -0.15) is 0 Å². The van der Waals surface area contributed by atoms with E-state index in [1.54, 1.807) is 13.4 Å². The highest BCUT2D eigenvalue weighted by atomic mass is 16.5. The maximum absolute atomic E-state index is 5.67. The molecule has 0 radical (unpaired) electrons. The van der Waals surface area contributed by atoms with Gasteiger partial charge < -0.3 is 9.15 Å². The smallest absolute Gasteiger partial charge is 0.226 e. The first-order valence-electron chi connectivity index (χ1n) is 8.11. The third kappa shape index (κ3) is 2.76. The minimum absolute atomic E-state index is 0.263. The van der Waals surface area contributed by atoms with E-state index in [0.717, 1.165) is 33.6 Å². The van der Waals surface area contributed by atoms with E-state index in [-0.39, 0.29) is 6.04 Å². The van der Waals surface area contributed by atoms with E-state index >= 15 is 0 Å². The molecule has 0 spiro atoms. The molecule has 126 valence electrons. The highest BCUT2D eigenvalue weighted by Gasteiger charge is 2.12. The third-order valence-electron chi connectivity index (χ3n) is 4.10. The molecule has 4 rings (SSSR count). The number of ether oxygens (including phenoxy) is 1. The molecule has 0 saturated carbocycles. The number of methoxy groups -OCH3 is 1. The minimum Gasteiger partial charge on any atom is -0.497 e. The van der Waals surface area contributed by atoms with Gasteiger partial charge in [0.1, 0.15) is 23.2 Å². The average molecular weight is 334 g/mol. The quantitative estimate of drug-likeness (QED) is 0.555. The first kappa shape index (κ1) is 15.4.